The standard InChI is InChI=1S/C13H17NO5S/c1-10-2-4-12(5-3-10)20(17,18)19-9-11-6-7-14(8-11)13(15)16/h2-5,11H,6-9H2,1H3,(H,15,16)/t11-/m1/s1. The predicted molar refractivity (Wildman–Crippen MR) is 72.0 cm³/mol. The lowest BCUT2D eigenvalue weighted by Gasteiger charge is -2.12. The van der Waals surface area contributed by atoms with E-state index in [4.69, 9.17) is 9.29 Å². The van der Waals surface area contributed by atoms with Gasteiger partial charge < -0.3 is 10.0 Å². The molecule has 0 radical (unpaired) electrons. The molecular weight excluding hydrogens is 282 g/mol. The fourth-order valence-corrected chi connectivity index (χ4v) is 3.08. The Hall–Kier alpha value is -1.60. The summed E-state index contributed by atoms with van der Waals surface area (Å²) in [7, 11) is -3.77. The maximum atomic E-state index is 12.0. The molecule has 1 aromatic carbocycles. The Balaban J connectivity index is 1.93. The van der Waals surface area contributed by atoms with E-state index in [9.17, 15) is 13.2 Å². The number of likely N-dealkylation sites (tertiary alicyclic amines) is 1. The zero-order valence-corrected chi connectivity index (χ0v) is 12.0. The van der Waals surface area contributed by atoms with Crippen molar-refractivity contribution in [2.45, 2.75) is 18.2 Å². The largest absolute Gasteiger partial charge is 0.465 e. The van der Waals surface area contributed by atoms with E-state index in [1.807, 2.05) is 6.92 Å². The number of carboxylic acid groups (broad SMARTS) is 1. The van der Waals surface area contributed by atoms with Crippen LogP contribution < -0.4 is 0 Å². The number of benzene rings is 1. The van der Waals surface area contributed by atoms with Gasteiger partial charge in [0, 0.05) is 19.0 Å². The predicted octanol–water partition coefficient (Wildman–Crippen LogP) is 1.70. The molecule has 0 saturated carbocycles. The fourth-order valence-electron chi connectivity index (χ4n) is 2.10. The molecule has 0 aromatic heterocycles. The lowest BCUT2D eigenvalue weighted by Crippen LogP contribution is -2.27. The number of amides is 1. The Morgan fingerprint density at radius 2 is 2.05 bits per heavy atom. The van der Waals surface area contributed by atoms with Gasteiger partial charge in [0.15, 0.2) is 0 Å². The first-order chi connectivity index (χ1) is 9.38. The van der Waals surface area contributed by atoms with Crippen molar-refractivity contribution in [3.63, 3.8) is 0 Å². The highest BCUT2D eigenvalue weighted by atomic mass is 32.2. The molecule has 110 valence electrons. The molecule has 1 aliphatic rings. The summed E-state index contributed by atoms with van der Waals surface area (Å²) in [5.41, 5.74) is 0.969. The SMILES string of the molecule is Cc1ccc(S(=O)(=O)OC[C@@H]2CCN(C(=O)O)C2)cc1. The minimum atomic E-state index is -3.77. The Labute approximate surface area is 118 Å². The van der Waals surface area contributed by atoms with Crippen molar-refractivity contribution in [2.24, 2.45) is 5.92 Å². The summed E-state index contributed by atoms with van der Waals surface area (Å²) < 4.78 is 28.9. The van der Waals surface area contributed by atoms with Crippen LogP contribution in [0.2, 0.25) is 0 Å². The van der Waals surface area contributed by atoms with E-state index < -0.39 is 16.2 Å². The third-order valence-corrected chi connectivity index (χ3v) is 4.62. The lowest BCUT2D eigenvalue weighted by atomic mass is 10.1. The van der Waals surface area contributed by atoms with Crippen molar-refractivity contribution >= 4 is 16.2 Å². The molecule has 6 nitrogen and oxygen atoms in total. The Morgan fingerprint density at radius 1 is 1.40 bits per heavy atom. The number of carbonyl (C=O) groups is 1. The van der Waals surface area contributed by atoms with Gasteiger partial charge in [-0.05, 0) is 25.5 Å². The Bertz CT molecular complexity index is 581. The van der Waals surface area contributed by atoms with Gasteiger partial charge in [0.25, 0.3) is 10.1 Å². The van der Waals surface area contributed by atoms with E-state index in [0.29, 0.717) is 19.5 Å². The van der Waals surface area contributed by atoms with Crippen LogP contribution in [0.4, 0.5) is 4.79 Å². The van der Waals surface area contributed by atoms with Crippen LogP contribution in [0.3, 0.4) is 0 Å². The van der Waals surface area contributed by atoms with Crippen molar-refractivity contribution < 1.29 is 22.5 Å². The van der Waals surface area contributed by atoms with Gasteiger partial charge in [-0.25, -0.2) is 4.79 Å². The van der Waals surface area contributed by atoms with E-state index in [-0.39, 0.29) is 17.4 Å². The average molecular weight is 299 g/mol. The number of aryl methyl sites for hydroxylation is 1. The normalized spacial score (nSPS) is 19.2. The zero-order valence-electron chi connectivity index (χ0n) is 11.2. The number of hydrogen-bond acceptors (Lipinski definition) is 4. The monoisotopic (exact) mass is 299 g/mol. The van der Waals surface area contributed by atoms with Crippen LogP contribution in [0.1, 0.15) is 12.0 Å². The average Bonchev–Trinajstić information content (AvgIpc) is 2.86. The highest BCUT2D eigenvalue weighted by Crippen LogP contribution is 2.20. The second kappa shape index (κ2) is 5.80. The molecule has 20 heavy (non-hydrogen) atoms. The molecule has 1 amide bonds. The molecule has 0 spiro atoms. The van der Waals surface area contributed by atoms with Gasteiger partial charge in [0.05, 0.1) is 11.5 Å². The van der Waals surface area contributed by atoms with Gasteiger partial charge in [0.2, 0.25) is 0 Å². The molecule has 0 aliphatic carbocycles. The van der Waals surface area contributed by atoms with Gasteiger partial charge in [-0.15, -0.1) is 0 Å². The molecule has 1 fully saturated rings. The van der Waals surface area contributed by atoms with E-state index in [2.05, 4.69) is 0 Å². The smallest absolute Gasteiger partial charge is 0.407 e. The Kier molecular flexibility index (Phi) is 4.29. The molecule has 1 aromatic rings. The molecule has 7 heteroatoms. The number of nitrogens with zero attached hydrogens (tertiary/aromatic N) is 1. The second-order valence-electron chi connectivity index (χ2n) is 4.93. The first-order valence-electron chi connectivity index (χ1n) is 6.32. The molecular formula is C13H17NO5S. The third-order valence-electron chi connectivity index (χ3n) is 3.32. The van der Waals surface area contributed by atoms with Crippen molar-refractivity contribution in [3.8, 4) is 0 Å². The van der Waals surface area contributed by atoms with Crippen LogP contribution in [0.25, 0.3) is 0 Å². The third kappa shape index (κ3) is 3.49. The first kappa shape index (κ1) is 14.8. The number of hydrogen-bond donors (Lipinski definition) is 1. The van der Waals surface area contributed by atoms with E-state index in [0.717, 1.165) is 5.56 Å². The van der Waals surface area contributed by atoms with Crippen molar-refractivity contribution in [3.05, 3.63) is 29.8 Å². The minimum Gasteiger partial charge on any atom is -0.465 e. The first-order valence-corrected chi connectivity index (χ1v) is 7.73. The van der Waals surface area contributed by atoms with Gasteiger partial charge in [0.1, 0.15) is 0 Å². The van der Waals surface area contributed by atoms with E-state index in [1.165, 1.54) is 17.0 Å². The fraction of sp³-hybridized carbons (Fsp3) is 0.462. The maximum Gasteiger partial charge on any atom is 0.407 e. The quantitative estimate of drug-likeness (QED) is 0.855. The van der Waals surface area contributed by atoms with Gasteiger partial charge >= 0.3 is 6.09 Å². The topological polar surface area (TPSA) is 83.9 Å². The Morgan fingerprint density at radius 3 is 2.60 bits per heavy atom. The van der Waals surface area contributed by atoms with Crippen LogP contribution in [0.15, 0.2) is 29.2 Å². The molecule has 1 atom stereocenters. The van der Waals surface area contributed by atoms with Crippen molar-refractivity contribution in [1.29, 1.82) is 0 Å². The maximum absolute atomic E-state index is 12.0. The summed E-state index contributed by atoms with van der Waals surface area (Å²) >= 11 is 0. The highest BCUT2D eigenvalue weighted by Gasteiger charge is 2.27. The molecule has 1 aliphatic heterocycles. The second-order valence-corrected chi connectivity index (χ2v) is 6.55. The number of rotatable bonds is 4. The van der Waals surface area contributed by atoms with Crippen LogP contribution >= 0.6 is 0 Å². The van der Waals surface area contributed by atoms with Gasteiger partial charge in [-0.2, -0.15) is 8.42 Å². The van der Waals surface area contributed by atoms with Crippen LogP contribution in [0, 0.1) is 12.8 Å². The summed E-state index contributed by atoms with van der Waals surface area (Å²) in [6, 6.07) is 6.42. The van der Waals surface area contributed by atoms with Crippen molar-refractivity contribution in [1.82, 2.24) is 4.90 Å². The van der Waals surface area contributed by atoms with Crippen LogP contribution in [-0.2, 0) is 14.3 Å². The summed E-state index contributed by atoms with van der Waals surface area (Å²) in [5.74, 6) is -0.0775. The van der Waals surface area contributed by atoms with Crippen molar-refractivity contribution in [2.75, 3.05) is 19.7 Å². The van der Waals surface area contributed by atoms with E-state index >= 15 is 0 Å². The van der Waals surface area contributed by atoms with Gasteiger partial charge in [-0.3, -0.25) is 4.18 Å². The van der Waals surface area contributed by atoms with E-state index in [1.54, 1.807) is 12.1 Å². The zero-order chi connectivity index (χ0) is 14.8. The summed E-state index contributed by atoms with van der Waals surface area (Å²) in [4.78, 5) is 12.2. The summed E-state index contributed by atoms with van der Waals surface area (Å²) in [6.45, 7) is 2.63. The molecule has 1 saturated heterocycles. The minimum absolute atomic E-state index is 0.0139. The molecule has 1 N–H and O–H groups in total. The lowest BCUT2D eigenvalue weighted by molar-refractivity contribution is 0.152. The summed E-state index contributed by atoms with van der Waals surface area (Å²) in [5, 5.41) is 8.83. The summed E-state index contributed by atoms with van der Waals surface area (Å²) in [6.07, 6.45) is -0.357. The molecule has 1 heterocycles. The molecule has 2 rings (SSSR count). The van der Waals surface area contributed by atoms with Crippen LogP contribution in [0.5, 0.6) is 0 Å². The molecule has 0 bridgehead atoms. The van der Waals surface area contributed by atoms with Crippen LogP contribution in [-0.4, -0.2) is 44.2 Å². The molecule has 0 unspecified atom stereocenters. The van der Waals surface area contributed by atoms with Gasteiger partial charge in [-0.1, -0.05) is 17.7 Å². The highest BCUT2D eigenvalue weighted by molar-refractivity contribution is 7.86.